The van der Waals surface area contributed by atoms with Gasteiger partial charge in [0.15, 0.2) is 6.29 Å². The number of hydrogen-bond donors (Lipinski definition) is 3. The summed E-state index contributed by atoms with van der Waals surface area (Å²) in [6, 6.07) is 0. The summed E-state index contributed by atoms with van der Waals surface area (Å²) in [4.78, 5) is 0. The van der Waals surface area contributed by atoms with Crippen LogP contribution in [0.15, 0.2) is 0 Å². The molecule has 0 amide bonds. The van der Waals surface area contributed by atoms with Crippen LogP contribution in [0.2, 0.25) is 0 Å². The van der Waals surface area contributed by atoms with Crippen LogP contribution in [-0.2, 0) is 9.47 Å². The van der Waals surface area contributed by atoms with E-state index in [1.807, 2.05) is 0 Å². The van der Waals surface area contributed by atoms with Crippen LogP contribution in [0.25, 0.3) is 0 Å². The molecule has 0 aromatic rings. The van der Waals surface area contributed by atoms with Crippen LogP contribution >= 0.6 is 0 Å². The number of epoxide rings is 1. The third kappa shape index (κ3) is 1.05. The topological polar surface area (TPSA) is 82.5 Å². The maximum Gasteiger partial charge on any atom is 0.187 e. The highest BCUT2D eigenvalue weighted by atomic mass is 16.8. The lowest BCUT2D eigenvalue weighted by molar-refractivity contribution is -0.127. The molecule has 0 aromatic heterocycles. The fourth-order valence-corrected chi connectivity index (χ4v) is 1.31. The molecular formula is C6H10O5. The van der Waals surface area contributed by atoms with Crippen molar-refractivity contribution in [2.45, 2.75) is 30.7 Å². The van der Waals surface area contributed by atoms with E-state index in [1.165, 1.54) is 0 Å². The van der Waals surface area contributed by atoms with Crippen LogP contribution in [0.3, 0.4) is 0 Å². The molecule has 64 valence electrons. The maximum absolute atomic E-state index is 9.28. The second kappa shape index (κ2) is 2.40. The standard InChI is InChI=1S/C6H10O5/c7-1-2(8)4-3(9)5-6(10-4)11-5/h2-9H,1H2/t2-,3-,4+,5+,6-/m0/s1. The van der Waals surface area contributed by atoms with Crippen LogP contribution in [-0.4, -0.2) is 52.6 Å². The molecular weight excluding hydrogens is 152 g/mol. The first kappa shape index (κ1) is 7.45. The van der Waals surface area contributed by atoms with Gasteiger partial charge in [0.25, 0.3) is 0 Å². The van der Waals surface area contributed by atoms with Gasteiger partial charge in [0.1, 0.15) is 24.4 Å². The number of aliphatic hydroxyl groups excluding tert-OH is 3. The molecule has 0 saturated carbocycles. The average Bonchev–Trinajstić information content (AvgIpc) is 2.71. The van der Waals surface area contributed by atoms with Crippen molar-refractivity contribution in [1.82, 2.24) is 0 Å². The summed E-state index contributed by atoms with van der Waals surface area (Å²) >= 11 is 0. The number of rotatable bonds is 2. The lowest BCUT2D eigenvalue weighted by Crippen LogP contribution is -2.40. The summed E-state index contributed by atoms with van der Waals surface area (Å²) in [7, 11) is 0. The van der Waals surface area contributed by atoms with Crippen LogP contribution in [0, 0.1) is 0 Å². The third-order valence-corrected chi connectivity index (χ3v) is 2.01. The highest BCUT2D eigenvalue weighted by Crippen LogP contribution is 2.38. The number of fused-ring (bicyclic) bond motifs is 1. The quantitative estimate of drug-likeness (QED) is 0.402. The van der Waals surface area contributed by atoms with E-state index in [-0.39, 0.29) is 12.4 Å². The molecule has 11 heavy (non-hydrogen) atoms. The van der Waals surface area contributed by atoms with E-state index < -0.39 is 24.9 Å². The highest BCUT2D eigenvalue weighted by Gasteiger charge is 2.58. The number of hydrogen-bond acceptors (Lipinski definition) is 5. The molecule has 2 heterocycles. The zero-order valence-corrected chi connectivity index (χ0v) is 5.75. The first-order valence-electron chi connectivity index (χ1n) is 3.52. The van der Waals surface area contributed by atoms with Gasteiger partial charge in [-0.05, 0) is 0 Å². The largest absolute Gasteiger partial charge is 0.394 e. The first-order chi connectivity index (χ1) is 5.24. The minimum absolute atomic E-state index is 0.291. The summed E-state index contributed by atoms with van der Waals surface area (Å²) < 4.78 is 9.84. The van der Waals surface area contributed by atoms with Crippen LogP contribution in [0.1, 0.15) is 0 Å². The smallest absolute Gasteiger partial charge is 0.187 e. The number of aliphatic hydroxyl groups is 3. The van der Waals surface area contributed by atoms with Crippen molar-refractivity contribution >= 4 is 0 Å². The maximum atomic E-state index is 9.28. The predicted molar refractivity (Wildman–Crippen MR) is 32.6 cm³/mol. The minimum Gasteiger partial charge on any atom is -0.394 e. The molecule has 2 aliphatic heterocycles. The summed E-state index contributed by atoms with van der Waals surface area (Å²) in [5, 5.41) is 26.9. The van der Waals surface area contributed by atoms with Gasteiger partial charge < -0.3 is 24.8 Å². The molecule has 2 saturated heterocycles. The first-order valence-corrected chi connectivity index (χ1v) is 3.52. The van der Waals surface area contributed by atoms with Gasteiger partial charge >= 0.3 is 0 Å². The van der Waals surface area contributed by atoms with Gasteiger partial charge in [0, 0.05) is 0 Å². The van der Waals surface area contributed by atoms with Gasteiger partial charge in [0.2, 0.25) is 0 Å². The van der Waals surface area contributed by atoms with Crippen LogP contribution in [0.5, 0.6) is 0 Å². The molecule has 2 aliphatic rings. The molecule has 2 fully saturated rings. The van der Waals surface area contributed by atoms with E-state index in [9.17, 15) is 5.11 Å². The molecule has 0 bridgehead atoms. The third-order valence-electron chi connectivity index (χ3n) is 2.01. The average molecular weight is 162 g/mol. The molecule has 5 atom stereocenters. The van der Waals surface area contributed by atoms with Crippen molar-refractivity contribution < 1.29 is 24.8 Å². The Morgan fingerprint density at radius 2 is 2.09 bits per heavy atom. The molecule has 5 nitrogen and oxygen atoms in total. The Bertz CT molecular complexity index is 161. The minimum atomic E-state index is -1.01. The molecule has 5 heteroatoms. The zero-order chi connectivity index (χ0) is 8.01. The molecule has 0 aromatic carbocycles. The fraction of sp³-hybridized carbons (Fsp3) is 1.00. The normalized spacial score (nSPS) is 50.5. The second-order valence-electron chi connectivity index (χ2n) is 2.81. The van der Waals surface area contributed by atoms with Gasteiger partial charge in [-0.1, -0.05) is 0 Å². The van der Waals surface area contributed by atoms with Gasteiger partial charge in [-0.25, -0.2) is 0 Å². The predicted octanol–water partition coefficient (Wildman–Crippen LogP) is -2.18. The summed E-state index contributed by atoms with van der Waals surface area (Å²) in [5.41, 5.74) is 0. The summed E-state index contributed by atoms with van der Waals surface area (Å²) in [5.74, 6) is 0. The SMILES string of the molecule is OC[C@H](O)[C@H]1O[C@H]2O[C@@H]2[C@H]1O. The monoisotopic (exact) mass is 162 g/mol. The summed E-state index contributed by atoms with van der Waals surface area (Å²) in [6.07, 6.45) is -3.16. The Labute approximate surface area is 63.2 Å². The van der Waals surface area contributed by atoms with Crippen molar-refractivity contribution in [3.8, 4) is 0 Å². The van der Waals surface area contributed by atoms with Gasteiger partial charge in [-0.3, -0.25) is 0 Å². The second-order valence-corrected chi connectivity index (χ2v) is 2.81. The van der Waals surface area contributed by atoms with Gasteiger partial charge in [0.05, 0.1) is 6.61 Å². The van der Waals surface area contributed by atoms with E-state index >= 15 is 0 Å². The lowest BCUT2D eigenvalue weighted by atomic mass is 10.1. The molecule has 3 N–H and O–H groups in total. The molecule has 2 rings (SSSR count). The van der Waals surface area contributed by atoms with Crippen molar-refractivity contribution in [1.29, 1.82) is 0 Å². The van der Waals surface area contributed by atoms with Crippen molar-refractivity contribution in [2.24, 2.45) is 0 Å². The van der Waals surface area contributed by atoms with E-state index in [1.54, 1.807) is 0 Å². The molecule has 0 aliphatic carbocycles. The van der Waals surface area contributed by atoms with E-state index in [0.29, 0.717) is 0 Å². The van der Waals surface area contributed by atoms with E-state index in [4.69, 9.17) is 19.7 Å². The lowest BCUT2D eigenvalue weighted by Gasteiger charge is -2.20. The molecule has 0 unspecified atom stereocenters. The Kier molecular flexibility index (Phi) is 1.62. The van der Waals surface area contributed by atoms with Crippen LogP contribution < -0.4 is 0 Å². The van der Waals surface area contributed by atoms with Gasteiger partial charge in [-0.15, -0.1) is 0 Å². The molecule has 0 spiro atoms. The Morgan fingerprint density at radius 1 is 1.36 bits per heavy atom. The highest BCUT2D eigenvalue weighted by molar-refractivity contribution is 4.99. The van der Waals surface area contributed by atoms with E-state index in [0.717, 1.165) is 0 Å². The van der Waals surface area contributed by atoms with Gasteiger partial charge in [-0.2, -0.15) is 0 Å². The van der Waals surface area contributed by atoms with Crippen LogP contribution in [0.4, 0.5) is 0 Å². The summed E-state index contributed by atoms with van der Waals surface area (Å²) in [6.45, 7) is -0.402. The zero-order valence-electron chi connectivity index (χ0n) is 5.75. The molecule has 0 radical (unpaired) electrons. The van der Waals surface area contributed by atoms with Crippen molar-refractivity contribution in [3.05, 3.63) is 0 Å². The number of ether oxygens (including phenoxy) is 2. The van der Waals surface area contributed by atoms with E-state index in [2.05, 4.69) is 0 Å². The Hall–Kier alpha value is -0.200. The van der Waals surface area contributed by atoms with Crippen molar-refractivity contribution in [2.75, 3.05) is 6.61 Å². The Morgan fingerprint density at radius 3 is 2.55 bits per heavy atom. The Balaban J connectivity index is 1.95. The fourth-order valence-electron chi connectivity index (χ4n) is 1.31. The van der Waals surface area contributed by atoms with Crippen molar-refractivity contribution in [3.63, 3.8) is 0 Å².